The van der Waals surface area contributed by atoms with Gasteiger partial charge in [-0.3, -0.25) is 0 Å². The molecule has 9 nitrogen and oxygen atoms in total. The molecule has 1 aromatic heterocycles. The van der Waals surface area contributed by atoms with E-state index >= 15 is 0 Å². The Bertz CT molecular complexity index is 823. The van der Waals surface area contributed by atoms with E-state index in [1.54, 1.807) is 0 Å². The number of hydrogen-bond donors (Lipinski definition) is 1. The zero-order chi connectivity index (χ0) is 19.0. The number of aromatic nitrogens is 3. The second kappa shape index (κ2) is 7.01. The number of aliphatic hydroxyl groups excluding tert-OH is 1. The van der Waals surface area contributed by atoms with Crippen LogP contribution < -0.4 is 0 Å². The fourth-order valence-corrected chi connectivity index (χ4v) is 3.67. The van der Waals surface area contributed by atoms with E-state index in [1.807, 2.05) is 31.2 Å². The lowest BCUT2D eigenvalue weighted by Gasteiger charge is -2.31. The predicted octanol–water partition coefficient (Wildman–Crippen LogP) is 0.401. The van der Waals surface area contributed by atoms with Crippen LogP contribution in [0.15, 0.2) is 30.6 Å². The van der Waals surface area contributed by atoms with Gasteiger partial charge in [-0.2, -0.15) is 5.10 Å². The number of ether oxygens (including phenoxy) is 4. The summed E-state index contributed by atoms with van der Waals surface area (Å²) in [4.78, 5) is 15.6. The van der Waals surface area contributed by atoms with Crippen LogP contribution in [0.2, 0.25) is 0 Å². The lowest BCUT2D eigenvalue weighted by atomic mass is 9.84. The van der Waals surface area contributed by atoms with Gasteiger partial charge in [-0.1, -0.05) is 29.8 Å². The molecule has 0 saturated carbocycles. The Morgan fingerprint density at radius 3 is 2.89 bits per heavy atom. The van der Waals surface area contributed by atoms with Crippen molar-refractivity contribution in [1.29, 1.82) is 0 Å². The molecule has 2 aliphatic heterocycles. The summed E-state index contributed by atoms with van der Waals surface area (Å²) in [5.41, 5.74) is 1.00. The molecular weight excluding hydrogens is 354 g/mol. The minimum Gasteiger partial charge on any atom is -0.463 e. The van der Waals surface area contributed by atoms with E-state index in [0.717, 1.165) is 11.1 Å². The Labute approximate surface area is 155 Å². The Hall–Kier alpha value is -2.33. The van der Waals surface area contributed by atoms with E-state index in [9.17, 15) is 9.90 Å². The normalized spacial score (nSPS) is 29.7. The van der Waals surface area contributed by atoms with Crippen molar-refractivity contribution in [2.45, 2.75) is 37.6 Å². The molecule has 2 aromatic rings. The van der Waals surface area contributed by atoms with Gasteiger partial charge in [0, 0.05) is 0 Å². The molecule has 1 aromatic carbocycles. The number of benzene rings is 1. The van der Waals surface area contributed by atoms with E-state index in [1.165, 1.54) is 18.1 Å². The monoisotopic (exact) mass is 375 g/mol. The Kier molecular flexibility index (Phi) is 4.68. The summed E-state index contributed by atoms with van der Waals surface area (Å²) in [5.74, 6) is -0.547. The highest BCUT2D eigenvalue weighted by molar-refractivity contribution is 5.85. The summed E-state index contributed by atoms with van der Waals surface area (Å²) >= 11 is 0. The first kappa shape index (κ1) is 18.1. The van der Waals surface area contributed by atoms with E-state index < -0.39 is 29.9 Å². The van der Waals surface area contributed by atoms with Gasteiger partial charge in [0.05, 0.1) is 20.3 Å². The molecule has 0 bridgehead atoms. The van der Waals surface area contributed by atoms with Gasteiger partial charge in [0.25, 0.3) is 0 Å². The molecule has 1 N–H and O–H groups in total. The molecule has 0 amide bonds. The van der Waals surface area contributed by atoms with Gasteiger partial charge in [0.1, 0.15) is 37.0 Å². The van der Waals surface area contributed by atoms with E-state index in [2.05, 4.69) is 14.8 Å². The Morgan fingerprint density at radius 1 is 1.37 bits per heavy atom. The maximum atomic E-state index is 11.7. The van der Waals surface area contributed by atoms with Crippen molar-refractivity contribution in [2.75, 3.05) is 20.3 Å². The second-order valence-corrected chi connectivity index (χ2v) is 6.65. The first-order valence-corrected chi connectivity index (χ1v) is 8.64. The lowest BCUT2D eigenvalue weighted by Crippen LogP contribution is -2.44. The number of rotatable bonds is 5. The Morgan fingerprint density at radius 2 is 2.15 bits per heavy atom. The van der Waals surface area contributed by atoms with Crippen LogP contribution >= 0.6 is 0 Å². The molecule has 144 valence electrons. The molecule has 0 aliphatic carbocycles. The average molecular weight is 375 g/mol. The van der Waals surface area contributed by atoms with Gasteiger partial charge in [-0.05, 0) is 12.5 Å². The van der Waals surface area contributed by atoms with Gasteiger partial charge < -0.3 is 24.1 Å². The van der Waals surface area contributed by atoms with E-state index in [0.29, 0.717) is 0 Å². The molecule has 4 atom stereocenters. The lowest BCUT2D eigenvalue weighted by molar-refractivity contribution is -0.0822. The van der Waals surface area contributed by atoms with Crippen molar-refractivity contribution in [3.05, 3.63) is 47.5 Å². The Balaban J connectivity index is 1.53. The molecule has 0 radical (unpaired) electrons. The van der Waals surface area contributed by atoms with E-state index in [-0.39, 0.29) is 25.8 Å². The summed E-state index contributed by atoms with van der Waals surface area (Å²) in [5, 5.41) is 14.6. The number of methoxy groups -OCH3 is 1. The number of carbonyl (C=O) groups excluding carboxylic acids is 1. The molecule has 27 heavy (non-hydrogen) atoms. The van der Waals surface area contributed by atoms with Crippen LogP contribution in [0.4, 0.5) is 0 Å². The molecule has 2 aliphatic rings. The molecule has 0 spiro atoms. The van der Waals surface area contributed by atoms with Crippen LogP contribution in [0.5, 0.6) is 0 Å². The molecule has 3 heterocycles. The quantitative estimate of drug-likeness (QED) is 0.749. The van der Waals surface area contributed by atoms with Crippen molar-refractivity contribution in [3.63, 3.8) is 0 Å². The fraction of sp³-hybridized carbons (Fsp3) is 0.500. The van der Waals surface area contributed by atoms with Crippen molar-refractivity contribution in [3.8, 4) is 0 Å². The number of nitrogens with zero attached hydrogens (tertiary/aromatic N) is 3. The molecule has 2 fully saturated rings. The number of esters is 1. The third-order valence-corrected chi connectivity index (χ3v) is 5.07. The smallest absolute Gasteiger partial charge is 0.375 e. The molecule has 9 heteroatoms. The van der Waals surface area contributed by atoms with Gasteiger partial charge in [0.15, 0.2) is 0 Å². The van der Waals surface area contributed by atoms with Crippen molar-refractivity contribution < 1.29 is 28.8 Å². The molecule has 0 unspecified atom stereocenters. The zero-order valence-electron chi connectivity index (χ0n) is 15.1. The van der Waals surface area contributed by atoms with Crippen molar-refractivity contribution in [2.24, 2.45) is 0 Å². The van der Waals surface area contributed by atoms with Gasteiger partial charge in [-0.15, -0.1) is 0 Å². The second-order valence-electron chi connectivity index (χ2n) is 6.65. The highest BCUT2D eigenvalue weighted by Crippen LogP contribution is 2.46. The van der Waals surface area contributed by atoms with Crippen LogP contribution in [0.3, 0.4) is 0 Å². The summed E-state index contributed by atoms with van der Waals surface area (Å²) < 4.78 is 23.8. The number of fused-ring (bicyclic) bond motifs is 1. The molecule has 2 saturated heterocycles. The number of hydrogen-bond acceptors (Lipinski definition) is 8. The average Bonchev–Trinajstić information content (AvgIpc) is 3.36. The van der Waals surface area contributed by atoms with Crippen molar-refractivity contribution >= 4 is 5.97 Å². The molecule has 4 rings (SSSR count). The first-order valence-electron chi connectivity index (χ1n) is 8.64. The molecular formula is C18H21N3O6. The van der Waals surface area contributed by atoms with Crippen LogP contribution in [0.1, 0.15) is 21.7 Å². The predicted molar refractivity (Wildman–Crippen MR) is 90.8 cm³/mol. The summed E-state index contributed by atoms with van der Waals surface area (Å²) in [6.07, 6.45) is -0.443. The summed E-state index contributed by atoms with van der Waals surface area (Å²) in [7, 11) is 1.27. The van der Waals surface area contributed by atoms with Crippen LogP contribution in [0.25, 0.3) is 0 Å². The minimum atomic E-state index is -0.966. The maximum Gasteiger partial charge on any atom is 0.375 e. The topological polar surface area (TPSA) is 105 Å². The number of carbonyl (C=O) groups is 1. The van der Waals surface area contributed by atoms with Gasteiger partial charge in [-0.25, -0.2) is 14.5 Å². The highest BCUT2D eigenvalue weighted by Gasteiger charge is 2.61. The largest absolute Gasteiger partial charge is 0.463 e. The zero-order valence-corrected chi connectivity index (χ0v) is 15.1. The highest BCUT2D eigenvalue weighted by atomic mass is 16.6. The standard InChI is InChI=1S/C18H21N3O6/c1-11-3-5-12(6-4-11)18-14(22)8-25-15(18)13(7-27-18)26-10-21-16(17(23)24-2)19-9-20-21/h3-6,9,13-15,22H,7-8,10H2,1-2H3/t13-,14+,15-,18-/m1/s1. The van der Waals surface area contributed by atoms with Gasteiger partial charge in [0.2, 0.25) is 5.82 Å². The van der Waals surface area contributed by atoms with Crippen LogP contribution in [-0.4, -0.2) is 64.5 Å². The fourth-order valence-electron chi connectivity index (χ4n) is 3.67. The van der Waals surface area contributed by atoms with Crippen LogP contribution in [0, 0.1) is 6.92 Å². The number of aliphatic hydroxyl groups is 1. The maximum absolute atomic E-state index is 11.7. The number of aryl methyl sites for hydroxylation is 1. The minimum absolute atomic E-state index is 0.0155. The third-order valence-electron chi connectivity index (χ3n) is 5.07. The third kappa shape index (κ3) is 2.92. The van der Waals surface area contributed by atoms with Crippen LogP contribution in [-0.2, 0) is 31.3 Å². The van der Waals surface area contributed by atoms with Crippen molar-refractivity contribution in [1.82, 2.24) is 14.8 Å². The summed E-state index contributed by atoms with van der Waals surface area (Å²) in [6, 6.07) is 7.83. The van der Waals surface area contributed by atoms with Gasteiger partial charge >= 0.3 is 5.97 Å². The SMILES string of the molecule is COC(=O)c1ncnn1CO[C@@H]1CO[C@@]2(c3ccc(C)cc3)[C@@H]1OC[C@@H]2O. The van der Waals surface area contributed by atoms with E-state index in [4.69, 9.17) is 14.2 Å². The first-order chi connectivity index (χ1) is 13.1. The summed E-state index contributed by atoms with van der Waals surface area (Å²) in [6.45, 7) is 2.39.